The molecule has 1 aromatic carbocycles. The molecule has 0 heterocycles. The summed E-state index contributed by atoms with van der Waals surface area (Å²) in [6.07, 6.45) is 1.14. The molecule has 112 valence electrons. The molecule has 4 nitrogen and oxygen atoms in total. The van der Waals surface area contributed by atoms with Crippen LogP contribution in [0.5, 0.6) is 5.75 Å². The number of halogens is 2. The van der Waals surface area contributed by atoms with Crippen LogP contribution in [-0.4, -0.2) is 25.1 Å². The van der Waals surface area contributed by atoms with Crippen LogP contribution in [0, 0.1) is 11.6 Å². The Hall–Kier alpha value is -1.69. The summed E-state index contributed by atoms with van der Waals surface area (Å²) in [7, 11) is 0. The van der Waals surface area contributed by atoms with Crippen LogP contribution in [0.25, 0.3) is 0 Å². The van der Waals surface area contributed by atoms with E-state index in [0.717, 1.165) is 6.42 Å². The van der Waals surface area contributed by atoms with Crippen LogP contribution >= 0.6 is 0 Å². The van der Waals surface area contributed by atoms with Gasteiger partial charge in [0.05, 0.1) is 0 Å². The number of benzene rings is 1. The van der Waals surface area contributed by atoms with Gasteiger partial charge in [-0.25, -0.2) is 8.78 Å². The largest absolute Gasteiger partial charge is 0.478 e. The number of carbonyl (C=O) groups is 1. The van der Waals surface area contributed by atoms with Crippen molar-refractivity contribution in [1.82, 2.24) is 5.32 Å². The molecule has 0 aliphatic rings. The zero-order chi connectivity index (χ0) is 15.1. The number of rotatable bonds is 7. The van der Waals surface area contributed by atoms with Gasteiger partial charge in [0.25, 0.3) is 5.91 Å². The smallest absolute Gasteiger partial charge is 0.257 e. The number of ether oxygens (including phenoxy) is 1. The highest BCUT2D eigenvalue weighted by Gasteiger charge is 2.14. The van der Waals surface area contributed by atoms with Crippen molar-refractivity contribution in [3.05, 3.63) is 29.3 Å². The van der Waals surface area contributed by atoms with E-state index in [1.807, 2.05) is 6.92 Å². The van der Waals surface area contributed by atoms with Crippen molar-refractivity contribution in [2.24, 2.45) is 5.73 Å². The van der Waals surface area contributed by atoms with Crippen molar-refractivity contribution in [3.63, 3.8) is 0 Å². The molecule has 0 bridgehead atoms. The van der Waals surface area contributed by atoms with Crippen LogP contribution in [0.3, 0.4) is 0 Å². The lowest BCUT2D eigenvalue weighted by molar-refractivity contribution is -0.123. The highest BCUT2D eigenvalue weighted by Crippen LogP contribution is 2.23. The van der Waals surface area contributed by atoms with E-state index in [9.17, 15) is 13.6 Å². The molecular formula is C14H20F2N2O2. The normalized spacial score (nSPS) is 12.1. The second-order valence-electron chi connectivity index (χ2n) is 4.71. The van der Waals surface area contributed by atoms with Gasteiger partial charge in [0, 0.05) is 12.6 Å². The molecule has 1 unspecified atom stereocenters. The van der Waals surface area contributed by atoms with Crippen molar-refractivity contribution in [3.8, 4) is 5.75 Å². The summed E-state index contributed by atoms with van der Waals surface area (Å²) < 4.78 is 32.3. The fourth-order valence-corrected chi connectivity index (χ4v) is 1.69. The Morgan fingerprint density at radius 2 is 2.00 bits per heavy atom. The zero-order valence-corrected chi connectivity index (χ0v) is 11.7. The SMILES string of the molecule is CCCNC(=O)COc1c(F)cc(CC(C)N)cc1F. The number of nitrogens with one attached hydrogen (secondary N) is 1. The molecule has 0 saturated carbocycles. The third-order valence-electron chi connectivity index (χ3n) is 2.54. The Labute approximate surface area is 117 Å². The lowest BCUT2D eigenvalue weighted by atomic mass is 10.1. The first-order valence-electron chi connectivity index (χ1n) is 6.57. The minimum Gasteiger partial charge on any atom is -0.478 e. The van der Waals surface area contributed by atoms with Crippen LogP contribution in [-0.2, 0) is 11.2 Å². The molecule has 1 aromatic rings. The third kappa shape index (κ3) is 5.13. The Balaban J connectivity index is 2.69. The minimum absolute atomic E-state index is 0.194. The average molecular weight is 286 g/mol. The van der Waals surface area contributed by atoms with Crippen LogP contribution in [0.2, 0.25) is 0 Å². The van der Waals surface area contributed by atoms with Gasteiger partial charge in [0.15, 0.2) is 24.0 Å². The standard InChI is InChI=1S/C14H20F2N2O2/c1-3-4-18-13(19)8-20-14-11(15)6-10(5-9(2)17)7-12(14)16/h6-7,9H,3-5,8,17H2,1-2H3,(H,18,19). The van der Waals surface area contributed by atoms with E-state index >= 15 is 0 Å². The molecule has 1 amide bonds. The predicted octanol–water partition coefficient (Wildman–Crippen LogP) is 1.76. The van der Waals surface area contributed by atoms with Gasteiger partial charge in [-0.15, -0.1) is 0 Å². The maximum Gasteiger partial charge on any atom is 0.257 e. The highest BCUT2D eigenvalue weighted by molar-refractivity contribution is 5.77. The van der Waals surface area contributed by atoms with Gasteiger partial charge in [-0.1, -0.05) is 6.92 Å². The summed E-state index contributed by atoms with van der Waals surface area (Å²) in [6, 6.07) is 2.15. The molecular weight excluding hydrogens is 266 g/mol. The summed E-state index contributed by atoms with van der Waals surface area (Å²) in [5.41, 5.74) is 6.03. The van der Waals surface area contributed by atoms with E-state index in [4.69, 9.17) is 10.5 Å². The summed E-state index contributed by atoms with van der Waals surface area (Å²) in [5, 5.41) is 2.55. The monoisotopic (exact) mass is 286 g/mol. The Kier molecular flexibility index (Phi) is 6.38. The Bertz CT molecular complexity index is 441. The number of nitrogens with two attached hydrogens (primary N) is 1. The number of amides is 1. The van der Waals surface area contributed by atoms with E-state index in [1.165, 1.54) is 12.1 Å². The summed E-state index contributed by atoms with van der Waals surface area (Å²) in [5.74, 6) is -2.61. The van der Waals surface area contributed by atoms with Crippen molar-refractivity contribution in [2.45, 2.75) is 32.7 Å². The van der Waals surface area contributed by atoms with Crippen molar-refractivity contribution in [2.75, 3.05) is 13.2 Å². The van der Waals surface area contributed by atoms with Crippen molar-refractivity contribution < 1.29 is 18.3 Å². The number of hydrogen-bond donors (Lipinski definition) is 2. The maximum absolute atomic E-state index is 13.7. The van der Waals surface area contributed by atoms with Gasteiger partial charge in [-0.3, -0.25) is 4.79 Å². The van der Waals surface area contributed by atoms with E-state index in [0.29, 0.717) is 18.5 Å². The van der Waals surface area contributed by atoms with Gasteiger partial charge < -0.3 is 15.8 Å². The minimum atomic E-state index is -0.830. The summed E-state index contributed by atoms with van der Waals surface area (Å²) >= 11 is 0. The second kappa shape index (κ2) is 7.79. The first-order chi connectivity index (χ1) is 9.43. The van der Waals surface area contributed by atoms with Crippen molar-refractivity contribution in [1.29, 1.82) is 0 Å². The van der Waals surface area contributed by atoms with E-state index in [-0.39, 0.29) is 6.04 Å². The second-order valence-corrected chi connectivity index (χ2v) is 4.71. The average Bonchev–Trinajstić information content (AvgIpc) is 2.34. The first kappa shape index (κ1) is 16.4. The predicted molar refractivity (Wildman–Crippen MR) is 72.5 cm³/mol. The fraction of sp³-hybridized carbons (Fsp3) is 0.500. The topological polar surface area (TPSA) is 64.3 Å². The van der Waals surface area contributed by atoms with E-state index in [2.05, 4.69) is 5.32 Å². The van der Waals surface area contributed by atoms with Gasteiger partial charge >= 0.3 is 0 Å². The van der Waals surface area contributed by atoms with Crippen LogP contribution in [0.15, 0.2) is 12.1 Å². The molecule has 0 saturated heterocycles. The van der Waals surface area contributed by atoms with Crippen LogP contribution in [0.1, 0.15) is 25.8 Å². The summed E-state index contributed by atoms with van der Waals surface area (Å²) in [4.78, 5) is 11.3. The Morgan fingerprint density at radius 1 is 1.40 bits per heavy atom. The third-order valence-corrected chi connectivity index (χ3v) is 2.54. The maximum atomic E-state index is 13.7. The summed E-state index contributed by atoms with van der Waals surface area (Å²) in [6.45, 7) is 3.73. The van der Waals surface area contributed by atoms with Gasteiger partial charge in [0.2, 0.25) is 0 Å². The van der Waals surface area contributed by atoms with E-state index < -0.39 is 29.9 Å². The lowest BCUT2D eigenvalue weighted by Crippen LogP contribution is -2.29. The molecule has 6 heteroatoms. The van der Waals surface area contributed by atoms with Crippen LogP contribution in [0.4, 0.5) is 8.78 Å². The quantitative estimate of drug-likeness (QED) is 0.802. The Morgan fingerprint density at radius 3 is 2.50 bits per heavy atom. The molecule has 0 aliphatic carbocycles. The van der Waals surface area contributed by atoms with Gasteiger partial charge in [-0.05, 0) is 37.5 Å². The van der Waals surface area contributed by atoms with Crippen molar-refractivity contribution >= 4 is 5.91 Å². The molecule has 0 fully saturated rings. The zero-order valence-electron chi connectivity index (χ0n) is 11.7. The molecule has 3 N–H and O–H groups in total. The molecule has 20 heavy (non-hydrogen) atoms. The van der Waals surface area contributed by atoms with Gasteiger partial charge in [-0.2, -0.15) is 0 Å². The first-order valence-corrected chi connectivity index (χ1v) is 6.57. The highest BCUT2D eigenvalue weighted by atomic mass is 19.1. The van der Waals surface area contributed by atoms with Gasteiger partial charge in [0.1, 0.15) is 0 Å². The number of carbonyl (C=O) groups excluding carboxylic acids is 1. The van der Waals surface area contributed by atoms with Crippen LogP contribution < -0.4 is 15.8 Å². The molecule has 1 rings (SSSR count). The molecule has 0 aliphatic heterocycles. The molecule has 1 atom stereocenters. The molecule has 0 aromatic heterocycles. The fourth-order valence-electron chi connectivity index (χ4n) is 1.69. The number of hydrogen-bond acceptors (Lipinski definition) is 3. The molecule has 0 radical (unpaired) electrons. The lowest BCUT2D eigenvalue weighted by Gasteiger charge is -2.11. The van der Waals surface area contributed by atoms with E-state index in [1.54, 1.807) is 6.92 Å². The molecule has 0 spiro atoms.